The third-order valence-corrected chi connectivity index (χ3v) is 5.88. The number of rotatable bonds is 7. The first-order valence-corrected chi connectivity index (χ1v) is 10.5. The van der Waals surface area contributed by atoms with Gasteiger partial charge in [-0.3, -0.25) is 9.59 Å². The van der Waals surface area contributed by atoms with Crippen molar-refractivity contribution in [2.75, 3.05) is 13.1 Å². The normalized spacial score (nSPS) is 21.4. The van der Waals surface area contributed by atoms with Crippen molar-refractivity contribution in [2.45, 2.75) is 73.3 Å². The van der Waals surface area contributed by atoms with Gasteiger partial charge in [-0.1, -0.05) is 34.1 Å². The summed E-state index contributed by atoms with van der Waals surface area (Å²) in [5.74, 6) is 1.22. The van der Waals surface area contributed by atoms with Crippen LogP contribution in [0.5, 0.6) is 0 Å². The van der Waals surface area contributed by atoms with Gasteiger partial charge in [0.15, 0.2) is 0 Å². The van der Waals surface area contributed by atoms with E-state index in [1.54, 1.807) is 0 Å². The number of carbonyl (C=O) groups is 2. The molecule has 1 aromatic heterocycles. The molecule has 2 N–H and O–H groups in total. The lowest BCUT2D eigenvalue weighted by atomic mass is 9.86. The molecule has 1 aliphatic heterocycles. The molecule has 27 heavy (non-hydrogen) atoms. The first kappa shape index (κ1) is 21.5. The molecule has 1 fully saturated rings. The molecule has 0 aliphatic carbocycles. The number of H-pyrrole nitrogens is 1. The van der Waals surface area contributed by atoms with Gasteiger partial charge in [0.1, 0.15) is 0 Å². The second kappa shape index (κ2) is 9.43. The Hall–Kier alpha value is -1.78. The van der Waals surface area contributed by atoms with Crippen LogP contribution in [0.1, 0.15) is 75.1 Å². The van der Waals surface area contributed by atoms with Crippen LogP contribution in [0.3, 0.4) is 0 Å². The maximum atomic E-state index is 13.2. The van der Waals surface area contributed by atoms with Crippen LogP contribution in [0.15, 0.2) is 6.07 Å². The number of likely N-dealkylation sites (tertiary alicyclic amines) is 1. The topological polar surface area (TPSA) is 65.2 Å². The van der Waals surface area contributed by atoms with Crippen LogP contribution in [0, 0.1) is 31.6 Å². The van der Waals surface area contributed by atoms with Crippen molar-refractivity contribution in [1.29, 1.82) is 0 Å². The molecule has 1 aromatic rings. The van der Waals surface area contributed by atoms with Crippen molar-refractivity contribution in [3.63, 3.8) is 0 Å². The van der Waals surface area contributed by atoms with Crippen LogP contribution in [0.25, 0.3) is 0 Å². The van der Waals surface area contributed by atoms with E-state index in [2.05, 4.69) is 42.9 Å². The number of piperidine rings is 1. The lowest BCUT2D eigenvalue weighted by Gasteiger charge is -2.41. The molecule has 1 saturated heterocycles. The zero-order valence-electron chi connectivity index (χ0n) is 17.9. The predicted octanol–water partition coefficient (Wildman–Crippen LogP) is 4.06. The zero-order valence-corrected chi connectivity index (χ0v) is 17.9. The molecule has 5 nitrogen and oxygen atoms in total. The molecule has 0 radical (unpaired) electrons. The Balaban J connectivity index is 2.07. The van der Waals surface area contributed by atoms with Crippen molar-refractivity contribution < 1.29 is 9.59 Å². The molecule has 2 heterocycles. The number of nitrogens with one attached hydrogen (secondary N) is 2. The van der Waals surface area contributed by atoms with E-state index < -0.39 is 0 Å². The Kier molecular flexibility index (Phi) is 7.51. The highest BCUT2D eigenvalue weighted by Crippen LogP contribution is 2.27. The van der Waals surface area contributed by atoms with Crippen LogP contribution < -0.4 is 5.32 Å². The Bertz CT molecular complexity index is 650. The van der Waals surface area contributed by atoms with Crippen molar-refractivity contribution in [2.24, 2.45) is 17.8 Å². The number of amides is 2. The van der Waals surface area contributed by atoms with Crippen molar-refractivity contribution in [3.05, 3.63) is 23.0 Å². The number of nitrogens with zero attached hydrogens (tertiary/aromatic N) is 1. The molecule has 5 heteroatoms. The summed E-state index contributed by atoms with van der Waals surface area (Å²) < 4.78 is 0. The second-order valence-corrected chi connectivity index (χ2v) is 8.66. The highest BCUT2D eigenvalue weighted by atomic mass is 16.2. The summed E-state index contributed by atoms with van der Waals surface area (Å²) >= 11 is 0. The molecule has 2 amide bonds. The van der Waals surface area contributed by atoms with Crippen LogP contribution in [0.4, 0.5) is 0 Å². The minimum Gasteiger partial charge on any atom is -0.362 e. The summed E-state index contributed by atoms with van der Waals surface area (Å²) in [7, 11) is 0. The molecular weight excluding hydrogens is 338 g/mol. The SMILES string of the molecule is CCCC(C(=O)N1CC[C@@H](C)C[C@H]1CNC(=O)c1cc(C)[nH]c1C)C(C)C. The minimum absolute atomic E-state index is 0.0588. The summed E-state index contributed by atoms with van der Waals surface area (Å²) in [6.45, 7) is 13.8. The molecule has 0 bridgehead atoms. The molecule has 0 spiro atoms. The average molecular weight is 376 g/mol. The monoisotopic (exact) mass is 375 g/mol. The van der Waals surface area contributed by atoms with E-state index in [0.717, 1.165) is 43.6 Å². The number of aromatic nitrogens is 1. The van der Waals surface area contributed by atoms with Crippen molar-refractivity contribution in [1.82, 2.24) is 15.2 Å². The van der Waals surface area contributed by atoms with E-state index in [9.17, 15) is 9.59 Å². The third kappa shape index (κ3) is 5.36. The predicted molar refractivity (Wildman–Crippen MR) is 110 cm³/mol. The number of hydrogen-bond acceptors (Lipinski definition) is 2. The van der Waals surface area contributed by atoms with Gasteiger partial charge in [0.05, 0.1) is 5.56 Å². The van der Waals surface area contributed by atoms with Gasteiger partial charge in [0.25, 0.3) is 5.91 Å². The summed E-state index contributed by atoms with van der Waals surface area (Å²) in [6, 6.07) is 1.97. The van der Waals surface area contributed by atoms with E-state index in [-0.39, 0.29) is 23.8 Å². The fourth-order valence-corrected chi connectivity index (χ4v) is 4.27. The van der Waals surface area contributed by atoms with Gasteiger partial charge >= 0.3 is 0 Å². The molecule has 0 saturated carbocycles. The van der Waals surface area contributed by atoms with Gasteiger partial charge in [-0.2, -0.15) is 0 Å². The van der Waals surface area contributed by atoms with Gasteiger partial charge in [-0.05, 0) is 51.0 Å². The van der Waals surface area contributed by atoms with E-state index in [0.29, 0.717) is 23.9 Å². The maximum Gasteiger partial charge on any atom is 0.253 e. The van der Waals surface area contributed by atoms with E-state index in [4.69, 9.17) is 0 Å². The Morgan fingerprint density at radius 3 is 2.59 bits per heavy atom. The highest BCUT2D eigenvalue weighted by Gasteiger charge is 2.34. The van der Waals surface area contributed by atoms with Crippen LogP contribution in [-0.4, -0.2) is 40.8 Å². The van der Waals surface area contributed by atoms with Crippen molar-refractivity contribution >= 4 is 11.8 Å². The van der Waals surface area contributed by atoms with Crippen molar-refractivity contribution in [3.8, 4) is 0 Å². The zero-order chi connectivity index (χ0) is 20.1. The summed E-state index contributed by atoms with van der Waals surface area (Å²) in [4.78, 5) is 31.0. The summed E-state index contributed by atoms with van der Waals surface area (Å²) in [5, 5.41) is 3.08. The maximum absolute atomic E-state index is 13.2. The first-order valence-electron chi connectivity index (χ1n) is 10.5. The highest BCUT2D eigenvalue weighted by molar-refractivity contribution is 5.95. The van der Waals surface area contributed by atoms with Gasteiger partial charge in [0.2, 0.25) is 5.91 Å². The molecule has 1 unspecified atom stereocenters. The molecule has 2 rings (SSSR count). The molecule has 152 valence electrons. The third-order valence-electron chi connectivity index (χ3n) is 5.88. The largest absolute Gasteiger partial charge is 0.362 e. The van der Waals surface area contributed by atoms with Gasteiger partial charge in [-0.25, -0.2) is 0 Å². The Morgan fingerprint density at radius 1 is 1.33 bits per heavy atom. The lowest BCUT2D eigenvalue weighted by Crippen LogP contribution is -2.53. The number of carbonyl (C=O) groups excluding carboxylic acids is 2. The van der Waals surface area contributed by atoms with Crippen LogP contribution in [-0.2, 0) is 4.79 Å². The van der Waals surface area contributed by atoms with E-state index >= 15 is 0 Å². The molecular formula is C22H37N3O2. The standard InChI is InChI=1S/C22H37N3O2/c1-7-8-19(14(2)3)22(27)25-10-9-15(4)11-18(25)13-23-21(26)20-12-16(5)24-17(20)6/h12,14-15,18-19,24H,7-11,13H2,1-6H3,(H,23,26)/t15-,18+,19?/m1/s1. The summed E-state index contributed by atoms with van der Waals surface area (Å²) in [5.41, 5.74) is 2.57. The van der Waals surface area contributed by atoms with E-state index in [1.165, 1.54) is 0 Å². The van der Waals surface area contributed by atoms with Crippen LogP contribution >= 0.6 is 0 Å². The van der Waals surface area contributed by atoms with Gasteiger partial charge in [-0.15, -0.1) is 0 Å². The van der Waals surface area contributed by atoms with Gasteiger partial charge in [0, 0.05) is 36.4 Å². The van der Waals surface area contributed by atoms with Gasteiger partial charge < -0.3 is 15.2 Å². The number of aryl methyl sites for hydroxylation is 2. The molecule has 0 aromatic carbocycles. The second-order valence-electron chi connectivity index (χ2n) is 8.66. The molecule has 3 atom stereocenters. The smallest absolute Gasteiger partial charge is 0.253 e. The average Bonchev–Trinajstić information content (AvgIpc) is 2.95. The first-order chi connectivity index (χ1) is 12.7. The fourth-order valence-electron chi connectivity index (χ4n) is 4.27. The fraction of sp³-hybridized carbons (Fsp3) is 0.727. The number of aromatic amines is 1. The quantitative estimate of drug-likeness (QED) is 0.755. The Labute approximate surface area is 164 Å². The van der Waals surface area contributed by atoms with E-state index in [1.807, 2.05) is 19.9 Å². The minimum atomic E-state index is -0.0588. The lowest BCUT2D eigenvalue weighted by molar-refractivity contribution is -0.141. The summed E-state index contributed by atoms with van der Waals surface area (Å²) in [6.07, 6.45) is 3.95. The molecule has 1 aliphatic rings. The number of hydrogen-bond donors (Lipinski definition) is 2. The van der Waals surface area contributed by atoms with Crippen LogP contribution in [0.2, 0.25) is 0 Å². The Morgan fingerprint density at radius 2 is 2.04 bits per heavy atom.